The standard InChI is InChI=1S/C26H28N2O7/c1-25-11-10-19(34-24(29)33-17-7-5-16(6-8-17)28(30)31)23-26(25)12-13-27(2)20(25)14-15-4-9-18(32-3)22(35-23)21(15)26/h4-9,19-20,23H,10-14H2,1-3H3/t19?,20-,23+,25+,26+/m1/s1. The van der Waals surface area contributed by atoms with Crippen LogP contribution in [-0.4, -0.2) is 54.9 Å². The Kier molecular flexibility index (Phi) is 4.80. The van der Waals surface area contributed by atoms with E-state index in [1.165, 1.54) is 35.4 Å². The summed E-state index contributed by atoms with van der Waals surface area (Å²) < 4.78 is 23.6. The monoisotopic (exact) mass is 480 g/mol. The molecule has 2 bridgehead atoms. The Hall–Kier alpha value is -3.33. The van der Waals surface area contributed by atoms with Gasteiger partial charge in [0.2, 0.25) is 0 Å². The number of hydrogen-bond donors (Lipinski definition) is 0. The van der Waals surface area contributed by atoms with Crippen molar-refractivity contribution in [2.45, 2.75) is 56.3 Å². The second-order valence-electron chi connectivity index (χ2n) is 10.3. The van der Waals surface area contributed by atoms with Crippen molar-refractivity contribution in [3.63, 3.8) is 0 Å². The van der Waals surface area contributed by atoms with E-state index in [1.807, 2.05) is 6.07 Å². The average molecular weight is 481 g/mol. The smallest absolute Gasteiger partial charge is 0.493 e. The molecule has 1 saturated carbocycles. The minimum Gasteiger partial charge on any atom is -0.493 e. The highest BCUT2D eigenvalue weighted by Crippen LogP contribution is 2.69. The first-order valence-corrected chi connectivity index (χ1v) is 12.0. The lowest BCUT2D eigenvalue weighted by molar-refractivity contribution is -0.384. The van der Waals surface area contributed by atoms with Gasteiger partial charge in [-0.2, -0.15) is 0 Å². The second kappa shape index (κ2) is 7.58. The summed E-state index contributed by atoms with van der Waals surface area (Å²) in [7, 11) is 3.85. The van der Waals surface area contributed by atoms with Gasteiger partial charge in [-0.15, -0.1) is 0 Å². The number of nitro benzene ring substituents is 1. The minimum atomic E-state index is -0.837. The highest BCUT2D eigenvalue weighted by atomic mass is 16.7. The van der Waals surface area contributed by atoms with Gasteiger partial charge in [0.1, 0.15) is 18.0 Å². The number of methoxy groups -OCH3 is 1. The number of ether oxygens (including phenoxy) is 4. The fourth-order valence-electron chi connectivity index (χ4n) is 7.33. The molecule has 1 unspecified atom stereocenters. The SMILES string of the molecule is COc1ccc2c3c1O[C@H]1C(OC(=O)Oc4ccc([N+](=O)[O-])cc4)CC[C@@]4(C)[C@@H](C2)N(C)CC[C@]314. The number of rotatable bonds is 4. The molecule has 2 fully saturated rings. The van der Waals surface area contributed by atoms with Crippen molar-refractivity contribution in [1.82, 2.24) is 4.90 Å². The van der Waals surface area contributed by atoms with E-state index in [4.69, 9.17) is 18.9 Å². The summed E-state index contributed by atoms with van der Waals surface area (Å²) in [6.07, 6.45) is 1.77. The van der Waals surface area contributed by atoms with Crippen molar-refractivity contribution >= 4 is 11.8 Å². The van der Waals surface area contributed by atoms with Gasteiger partial charge in [-0.1, -0.05) is 13.0 Å². The summed E-state index contributed by atoms with van der Waals surface area (Å²) in [6, 6.07) is 9.86. The number of nitrogens with zero attached hydrogens (tertiary/aromatic N) is 2. The summed E-state index contributed by atoms with van der Waals surface area (Å²) in [5.74, 6) is 1.68. The van der Waals surface area contributed by atoms with E-state index in [-0.39, 0.29) is 28.4 Å². The predicted octanol–water partition coefficient (Wildman–Crippen LogP) is 4.25. The van der Waals surface area contributed by atoms with E-state index in [1.54, 1.807) is 7.11 Å². The highest BCUT2D eigenvalue weighted by molar-refractivity contribution is 5.66. The van der Waals surface area contributed by atoms with E-state index in [0.717, 1.165) is 31.6 Å². The molecule has 9 heteroatoms. The van der Waals surface area contributed by atoms with Crippen molar-refractivity contribution in [3.05, 3.63) is 57.6 Å². The topological polar surface area (TPSA) is 100 Å². The average Bonchev–Trinajstić information content (AvgIpc) is 3.19. The Labute approximate surface area is 203 Å². The summed E-state index contributed by atoms with van der Waals surface area (Å²) in [4.78, 5) is 25.6. The first kappa shape index (κ1) is 22.2. The van der Waals surface area contributed by atoms with Crippen LogP contribution < -0.4 is 14.2 Å². The fourth-order valence-corrected chi connectivity index (χ4v) is 7.33. The molecule has 2 aromatic carbocycles. The highest BCUT2D eigenvalue weighted by Gasteiger charge is 2.71. The molecule has 5 atom stereocenters. The quantitative estimate of drug-likeness (QED) is 0.277. The third kappa shape index (κ3) is 2.94. The van der Waals surface area contributed by atoms with Gasteiger partial charge in [0, 0.05) is 29.2 Å². The van der Waals surface area contributed by atoms with E-state index in [2.05, 4.69) is 24.9 Å². The first-order chi connectivity index (χ1) is 16.8. The van der Waals surface area contributed by atoms with Crippen molar-refractivity contribution < 1.29 is 28.7 Å². The summed E-state index contributed by atoms with van der Waals surface area (Å²) in [6.45, 7) is 3.31. The molecule has 0 N–H and O–H groups in total. The molecule has 1 saturated heterocycles. The van der Waals surface area contributed by atoms with Crippen LogP contribution >= 0.6 is 0 Å². The van der Waals surface area contributed by atoms with Crippen molar-refractivity contribution in [2.24, 2.45) is 5.41 Å². The first-order valence-electron chi connectivity index (χ1n) is 12.0. The van der Waals surface area contributed by atoms with Crippen LogP contribution in [0.5, 0.6) is 17.2 Å². The van der Waals surface area contributed by atoms with Gasteiger partial charge >= 0.3 is 6.16 Å². The number of hydrogen-bond acceptors (Lipinski definition) is 8. The molecule has 2 aromatic rings. The Morgan fingerprint density at radius 1 is 1.20 bits per heavy atom. The zero-order valence-corrected chi connectivity index (χ0v) is 20.0. The number of likely N-dealkylation sites (N-methyl/N-ethyl adjacent to an activating group) is 1. The summed E-state index contributed by atoms with van der Waals surface area (Å²) in [5, 5.41) is 10.9. The molecule has 0 radical (unpaired) electrons. The molecule has 2 aliphatic carbocycles. The Morgan fingerprint density at radius 2 is 1.97 bits per heavy atom. The van der Waals surface area contributed by atoms with Gasteiger partial charge in [0.05, 0.1) is 12.0 Å². The normalized spacial score (nSPS) is 32.3. The van der Waals surface area contributed by atoms with Crippen LogP contribution in [0.4, 0.5) is 10.5 Å². The molecular weight excluding hydrogens is 452 g/mol. The summed E-state index contributed by atoms with van der Waals surface area (Å²) >= 11 is 0. The van der Waals surface area contributed by atoms with Crippen LogP contribution in [0.1, 0.15) is 37.3 Å². The molecular formula is C26H28N2O7. The molecule has 184 valence electrons. The van der Waals surface area contributed by atoms with Gasteiger partial charge in [-0.25, -0.2) is 4.79 Å². The number of carbonyl (C=O) groups excluding carboxylic acids is 1. The Bertz CT molecular complexity index is 1210. The largest absolute Gasteiger partial charge is 0.514 e. The van der Waals surface area contributed by atoms with E-state index in [9.17, 15) is 14.9 Å². The van der Waals surface area contributed by atoms with Crippen molar-refractivity contribution in [3.8, 4) is 17.2 Å². The lowest BCUT2D eigenvalue weighted by Gasteiger charge is -2.64. The van der Waals surface area contributed by atoms with E-state index < -0.39 is 17.2 Å². The summed E-state index contributed by atoms with van der Waals surface area (Å²) in [5.41, 5.74) is 2.12. The van der Waals surface area contributed by atoms with E-state index in [0.29, 0.717) is 18.2 Å². The fraction of sp³-hybridized carbons (Fsp3) is 0.500. The third-order valence-corrected chi connectivity index (χ3v) is 8.95. The molecule has 0 amide bonds. The molecule has 2 heterocycles. The number of benzene rings is 2. The number of non-ortho nitro benzene ring substituents is 1. The lowest BCUT2D eigenvalue weighted by atomic mass is 9.44. The molecule has 2 aliphatic heterocycles. The van der Waals surface area contributed by atoms with Crippen LogP contribution in [0.25, 0.3) is 0 Å². The molecule has 1 spiro atoms. The number of piperidine rings is 1. The number of nitro groups is 1. The van der Waals surface area contributed by atoms with E-state index >= 15 is 0 Å². The van der Waals surface area contributed by atoms with Crippen LogP contribution in [0.2, 0.25) is 0 Å². The van der Waals surface area contributed by atoms with Gasteiger partial charge in [0.15, 0.2) is 11.5 Å². The Morgan fingerprint density at radius 3 is 2.69 bits per heavy atom. The minimum absolute atomic E-state index is 0.0303. The predicted molar refractivity (Wildman–Crippen MR) is 125 cm³/mol. The van der Waals surface area contributed by atoms with Gasteiger partial charge in [-0.05, 0) is 68.5 Å². The molecule has 4 aliphatic rings. The van der Waals surface area contributed by atoms with Gasteiger partial charge in [-0.3, -0.25) is 10.1 Å². The zero-order valence-electron chi connectivity index (χ0n) is 20.0. The maximum Gasteiger partial charge on any atom is 0.514 e. The third-order valence-electron chi connectivity index (χ3n) is 8.95. The number of likely N-dealkylation sites (tertiary alicyclic amines) is 1. The lowest BCUT2D eigenvalue weighted by Crippen LogP contribution is -2.71. The van der Waals surface area contributed by atoms with Gasteiger partial charge < -0.3 is 23.8 Å². The van der Waals surface area contributed by atoms with Crippen LogP contribution in [0.15, 0.2) is 36.4 Å². The zero-order chi connectivity index (χ0) is 24.5. The Balaban J connectivity index is 1.32. The molecule has 0 aromatic heterocycles. The molecule has 35 heavy (non-hydrogen) atoms. The second-order valence-corrected chi connectivity index (χ2v) is 10.3. The van der Waals surface area contributed by atoms with Crippen molar-refractivity contribution in [1.29, 1.82) is 0 Å². The maximum absolute atomic E-state index is 12.8. The van der Waals surface area contributed by atoms with Crippen LogP contribution in [0, 0.1) is 15.5 Å². The molecule has 9 nitrogen and oxygen atoms in total. The molecule has 6 rings (SSSR count). The number of carbonyl (C=O) groups is 1. The van der Waals surface area contributed by atoms with Crippen molar-refractivity contribution in [2.75, 3.05) is 20.7 Å². The van der Waals surface area contributed by atoms with Gasteiger partial charge in [0.25, 0.3) is 5.69 Å². The van der Waals surface area contributed by atoms with Crippen LogP contribution in [-0.2, 0) is 16.6 Å². The maximum atomic E-state index is 12.8. The van der Waals surface area contributed by atoms with Crippen LogP contribution in [0.3, 0.4) is 0 Å².